The fraction of sp³-hybridized carbons (Fsp3) is 0.0833. The second-order valence-corrected chi connectivity index (χ2v) is 14.4. The molecule has 0 radical (unpaired) electrons. The Labute approximate surface area is 309 Å². The highest BCUT2D eigenvalue weighted by Crippen LogP contribution is 2.36. The third-order valence-electron chi connectivity index (χ3n) is 9.85. The predicted molar refractivity (Wildman–Crippen MR) is 214 cm³/mol. The van der Waals surface area contributed by atoms with E-state index in [1.807, 2.05) is 53.4 Å². The molecule has 3 heterocycles. The van der Waals surface area contributed by atoms with Crippen LogP contribution in [0.2, 0.25) is 0 Å². The number of hydrogen-bond donors (Lipinski definition) is 0. The van der Waals surface area contributed by atoms with Crippen LogP contribution in [0.1, 0.15) is 26.3 Å². The van der Waals surface area contributed by atoms with Gasteiger partial charge in [-0.3, -0.25) is 13.7 Å². The summed E-state index contributed by atoms with van der Waals surface area (Å²) in [4.78, 5) is 4.83. The van der Waals surface area contributed by atoms with E-state index in [9.17, 15) is 0 Å². The molecule has 0 saturated heterocycles. The number of aromatic nitrogens is 4. The summed E-state index contributed by atoms with van der Waals surface area (Å²) in [6.45, 7) is 6.69. The predicted octanol–water partition coefficient (Wildman–Crippen LogP) is 11.5. The zero-order valence-corrected chi connectivity index (χ0v) is 29.9. The van der Waals surface area contributed by atoms with Crippen molar-refractivity contribution < 1.29 is 9.30 Å². The van der Waals surface area contributed by atoms with Crippen LogP contribution in [0.15, 0.2) is 176 Å². The molecule has 0 amide bonds. The van der Waals surface area contributed by atoms with Crippen molar-refractivity contribution >= 4 is 21.8 Å². The molecule has 0 spiro atoms. The first-order valence-corrected chi connectivity index (χ1v) is 18.0. The van der Waals surface area contributed by atoms with Crippen LogP contribution in [0.4, 0.5) is 0 Å². The van der Waals surface area contributed by atoms with Crippen LogP contribution in [0.3, 0.4) is 0 Å². The molecule has 53 heavy (non-hydrogen) atoms. The maximum absolute atomic E-state index is 6.58. The minimum absolute atomic E-state index is 0.00252. The van der Waals surface area contributed by atoms with Crippen LogP contribution >= 0.6 is 0 Å². The molecule has 0 bridgehead atoms. The lowest BCUT2D eigenvalue weighted by Crippen LogP contribution is -2.29. The van der Waals surface area contributed by atoms with Gasteiger partial charge in [-0.1, -0.05) is 118 Å². The zero-order chi connectivity index (χ0) is 35.9. The van der Waals surface area contributed by atoms with Gasteiger partial charge in [0.25, 0.3) is 6.33 Å². The lowest BCUT2D eigenvalue weighted by atomic mass is 9.88. The van der Waals surface area contributed by atoms with E-state index >= 15 is 0 Å². The van der Waals surface area contributed by atoms with Crippen LogP contribution in [0, 0.1) is 6.33 Å². The van der Waals surface area contributed by atoms with Crippen LogP contribution < -0.4 is 9.30 Å². The molecular formula is C48H38N4O. The Morgan fingerprint density at radius 3 is 2.15 bits per heavy atom. The lowest BCUT2D eigenvalue weighted by Gasteiger charge is -2.20. The molecule has 9 aromatic rings. The van der Waals surface area contributed by atoms with Crippen molar-refractivity contribution in [1.82, 2.24) is 14.1 Å². The van der Waals surface area contributed by atoms with E-state index in [4.69, 9.17) is 9.72 Å². The van der Waals surface area contributed by atoms with Crippen LogP contribution in [0.5, 0.6) is 11.5 Å². The van der Waals surface area contributed by atoms with Crippen molar-refractivity contribution in [3.63, 3.8) is 0 Å². The summed E-state index contributed by atoms with van der Waals surface area (Å²) >= 11 is 0. The summed E-state index contributed by atoms with van der Waals surface area (Å²) in [5, 5.41) is 2.34. The summed E-state index contributed by atoms with van der Waals surface area (Å²) < 4.78 is 12.9. The first kappa shape index (κ1) is 32.2. The Kier molecular flexibility index (Phi) is 7.97. The molecule has 9 rings (SSSR count). The number of benzene rings is 6. The molecular weight excluding hydrogens is 649 g/mol. The highest BCUT2D eigenvalue weighted by atomic mass is 16.5. The van der Waals surface area contributed by atoms with Crippen LogP contribution in [0.25, 0.3) is 61.3 Å². The van der Waals surface area contributed by atoms with E-state index in [1.54, 1.807) is 0 Å². The maximum Gasteiger partial charge on any atom is 0.268 e. The fourth-order valence-electron chi connectivity index (χ4n) is 7.10. The summed E-state index contributed by atoms with van der Waals surface area (Å²) in [7, 11) is 0. The van der Waals surface area contributed by atoms with Gasteiger partial charge in [0.2, 0.25) is 0 Å². The number of ether oxygens (including phenoxy) is 1. The van der Waals surface area contributed by atoms with Gasteiger partial charge in [-0.05, 0) is 87.8 Å². The smallest absolute Gasteiger partial charge is 0.268 e. The quantitative estimate of drug-likeness (QED) is 0.124. The van der Waals surface area contributed by atoms with Crippen molar-refractivity contribution in [2.45, 2.75) is 26.2 Å². The number of para-hydroxylation sites is 1. The van der Waals surface area contributed by atoms with Crippen molar-refractivity contribution in [2.24, 2.45) is 0 Å². The van der Waals surface area contributed by atoms with Crippen molar-refractivity contribution in [3.05, 3.63) is 188 Å². The number of imidazole rings is 1. The van der Waals surface area contributed by atoms with Crippen molar-refractivity contribution in [2.75, 3.05) is 0 Å². The Balaban J connectivity index is 1.07. The van der Waals surface area contributed by atoms with Crippen molar-refractivity contribution in [3.8, 4) is 50.9 Å². The first-order chi connectivity index (χ1) is 25.9. The van der Waals surface area contributed by atoms with E-state index in [1.165, 1.54) is 16.5 Å². The molecule has 6 aromatic carbocycles. The van der Waals surface area contributed by atoms with Gasteiger partial charge < -0.3 is 4.74 Å². The first-order valence-electron chi connectivity index (χ1n) is 18.0. The van der Waals surface area contributed by atoms with Gasteiger partial charge in [0.05, 0.1) is 22.4 Å². The second-order valence-electron chi connectivity index (χ2n) is 14.4. The standard InChI is InChI=1S/C48H38N4O/c1-48(2,3)37-25-26-49-47(30-37)52-44-20-11-10-19-42(44)43-24-22-40(32-46(43)52)53-39-18-12-17-38(31-39)50-27-28-51(33-50)45-29-36(34-13-6-4-7-14-34)21-23-41(45)35-15-8-5-9-16-35/h4-32H,1-3H3. The lowest BCUT2D eigenvalue weighted by molar-refractivity contribution is -0.598. The van der Waals surface area contributed by atoms with Gasteiger partial charge in [0.15, 0.2) is 0 Å². The third-order valence-corrected chi connectivity index (χ3v) is 9.85. The molecule has 256 valence electrons. The Bertz CT molecular complexity index is 2740. The van der Waals surface area contributed by atoms with Crippen molar-refractivity contribution in [1.29, 1.82) is 0 Å². The van der Waals surface area contributed by atoms with Gasteiger partial charge in [0.1, 0.15) is 17.3 Å². The normalized spacial score (nSPS) is 11.7. The molecule has 0 saturated carbocycles. The number of nitrogens with zero attached hydrogens (tertiary/aromatic N) is 4. The third kappa shape index (κ3) is 6.17. The molecule has 0 unspecified atom stereocenters. The molecule has 5 nitrogen and oxygen atoms in total. The highest BCUT2D eigenvalue weighted by molar-refractivity contribution is 6.09. The van der Waals surface area contributed by atoms with E-state index in [0.29, 0.717) is 0 Å². The van der Waals surface area contributed by atoms with Gasteiger partial charge in [-0.25, -0.2) is 4.98 Å². The minimum Gasteiger partial charge on any atom is -0.458 e. The average molecular weight is 687 g/mol. The molecule has 0 aliphatic rings. The molecule has 3 aromatic heterocycles. The summed E-state index contributed by atoms with van der Waals surface area (Å²) in [6.07, 6.45) is 9.57. The monoisotopic (exact) mass is 686 g/mol. The van der Waals surface area contributed by atoms with Crippen LogP contribution in [-0.2, 0) is 5.41 Å². The molecule has 0 atom stereocenters. The summed E-state index contributed by atoms with van der Waals surface area (Å²) in [5.41, 5.74) is 10.0. The second kappa shape index (κ2) is 13.1. The van der Waals surface area contributed by atoms with E-state index in [2.05, 4.69) is 164 Å². The molecule has 0 aliphatic heterocycles. The van der Waals surface area contributed by atoms with E-state index < -0.39 is 0 Å². The SMILES string of the molecule is CC(C)(C)c1ccnc(-n2c3ccccc3c3ccc(Oc4cccc(-n5[c-][n+](-c6cc(-c7ccccc7)ccc6-c6ccccc6)cc5)c4)cc32)c1. The number of fused-ring (bicyclic) bond motifs is 3. The van der Waals surface area contributed by atoms with Gasteiger partial charge >= 0.3 is 0 Å². The minimum atomic E-state index is 0.00252. The van der Waals surface area contributed by atoms with Gasteiger partial charge in [0, 0.05) is 35.4 Å². The number of pyridine rings is 1. The molecule has 0 fully saturated rings. The fourth-order valence-corrected chi connectivity index (χ4v) is 7.10. The highest BCUT2D eigenvalue weighted by Gasteiger charge is 2.18. The van der Waals surface area contributed by atoms with Crippen LogP contribution in [-0.4, -0.2) is 14.1 Å². The van der Waals surface area contributed by atoms with E-state index in [-0.39, 0.29) is 5.41 Å². The molecule has 0 aliphatic carbocycles. The zero-order valence-electron chi connectivity index (χ0n) is 29.9. The Morgan fingerprint density at radius 1 is 0.604 bits per heavy atom. The average Bonchev–Trinajstić information content (AvgIpc) is 3.82. The summed E-state index contributed by atoms with van der Waals surface area (Å²) in [6, 6.07) is 54.9. The summed E-state index contributed by atoms with van der Waals surface area (Å²) in [5.74, 6) is 2.38. The molecule has 5 heteroatoms. The maximum atomic E-state index is 6.58. The van der Waals surface area contributed by atoms with Gasteiger partial charge in [-0.2, -0.15) is 0 Å². The number of hydrogen-bond acceptors (Lipinski definition) is 2. The Morgan fingerprint density at radius 2 is 1.34 bits per heavy atom. The van der Waals surface area contributed by atoms with Gasteiger partial charge in [-0.15, -0.1) is 0 Å². The topological polar surface area (TPSA) is 35.9 Å². The van der Waals surface area contributed by atoms with E-state index in [0.717, 1.165) is 61.8 Å². The number of rotatable bonds is 7. The molecule has 0 N–H and O–H groups in total. The Hall–Kier alpha value is -6.72. The largest absolute Gasteiger partial charge is 0.458 e.